The molecule has 0 spiro atoms. The summed E-state index contributed by atoms with van der Waals surface area (Å²) in [6.07, 6.45) is 0. The van der Waals surface area contributed by atoms with Gasteiger partial charge in [-0.3, -0.25) is 0 Å². The fourth-order valence-corrected chi connectivity index (χ4v) is 1.85. The van der Waals surface area contributed by atoms with Gasteiger partial charge in [0, 0.05) is 0 Å². The quantitative estimate of drug-likeness (QED) is 0.814. The van der Waals surface area contributed by atoms with E-state index in [4.69, 9.17) is 15.7 Å². The number of hydrogen-bond donors (Lipinski definition) is 1. The Bertz CT molecular complexity index is 607. The molecular weight excluding hydrogens is 224 g/mol. The van der Waals surface area contributed by atoms with Crippen LogP contribution in [0, 0.1) is 25.2 Å². The van der Waals surface area contributed by atoms with Gasteiger partial charge in [-0.25, -0.2) is 0 Å². The number of benzene rings is 2. The van der Waals surface area contributed by atoms with Crippen molar-refractivity contribution in [3.8, 4) is 17.6 Å². The van der Waals surface area contributed by atoms with Crippen LogP contribution in [0.1, 0.15) is 16.7 Å². The van der Waals surface area contributed by atoms with Crippen LogP contribution in [0.25, 0.3) is 0 Å². The molecule has 0 aliphatic heterocycles. The minimum atomic E-state index is 0.374. The maximum Gasteiger partial charge on any atom is 0.151 e. The molecule has 18 heavy (non-hydrogen) atoms. The van der Waals surface area contributed by atoms with E-state index in [-0.39, 0.29) is 0 Å². The van der Waals surface area contributed by atoms with Crippen molar-refractivity contribution in [3.05, 3.63) is 53.1 Å². The summed E-state index contributed by atoms with van der Waals surface area (Å²) in [5.41, 5.74) is 8.92. The minimum absolute atomic E-state index is 0.374. The Morgan fingerprint density at radius 1 is 1.11 bits per heavy atom. The third kappa shape index (κ3) is 2.44. The number of nitrogens with two attached hydrogens (primary N) is 1. The Kier molecular flexibility index (Phi) is 3.20. The largest absolute Gasteiger partial charge is 0.455 e. The third-order valence-electron chi connectivity index (χ3n) is 2.61. The van der Waals surface area contributed by atoms with E-state index in [0.717, 1.165) is 16.9 Å². The molecule has 0 bridgehead atoms. The van der Waals surface area contributed by atoms with Gasteiger partial charge in [0.15, 0.2) is 5.75 Å². The zero-order valence-electron chi connectivity index (χ0n) is 10.4. The molecule has 0 unspecified atom stereocenters. The summed E-state index contributed by atoms with van der Waals surface area (Å²) in [6, 6.07) is 13.2. The number of anilines is 1. The lowest BCUT2D eigenvalue weighted by Crippen LogP contribution is -1.95. The smallest absolute Gasteiger partial charge is 0.151 e. The highest BCUT2D eigenvalue weighted by atomic mass is 16.5. The normalized spacial score (nSPS) is 9.83. The number of hydrogen-bond acceptors (Lipinski definition) is 3. The summed E-state index contributed by atoms with van der Waals surface area (Å²) in [6.45, 7) is 4.02. The molecule has 0 aliphatic rings. The summed E-state index contributed by atoms with van der Waals surface area (Å²) >= 11 is 0. The minimum Gasteiger partial charge on any atom is -0.455 e. The summed E-state index contributed by atoms with van der Waals surface area (Å²) in [7, 11) is 0. The summed E-state index contributed by atoms with van der Waals surface area (Å²) in [5, 5.41) is 8.91. The Balaban J connectivity index is 2.37. The second kappa shape index (κ2) is 4.80. The van der Waals surface area contributed by atoms with Crippen LogP contribution in [0.5, 0.6) is 11.5 Å². The van der Waals surface area contributed by atoms with Crippen molar-refractivity contribution in [3.63, 3.8) is 0 Å². The summed E-state index contributed by atoms with van der Waals surface area (Å²) < 4.78 is 5.74. The molecule has 0 aromatic heterocycles. The van der Waals surface area contributed by atoms with Gasteiger partial charge in [0.25, 0.3) is 0 Å². The van der Waals surface area contributed by atoms with Crippen LogP contribution in [0.3, 0.4) is 0 Å². The van der Waals surface area contributed by atoms with Gasteiger partial charge in [-0.15, -0.1) is 0 Å². The van der Waals surface area contributed by atoms with Crippen molar-refractivity contribution >= 4 is 5.69 Å². The first-order valence-corrected chi connectivity index (χ1v) is 5.65. The molecule has 0 aliphatic carbocycles. The number of ether oxygens (including phenoxy) is 1. The van der Waals surface area contributed by atoms with Crippen LogP contribution >= 0.6 is 0 Å². The first-order valence-electron chi connectivity index (χ1n) is 5.65. The topological polar surface area (TPSA) is 59.0 Å². The lowest BCUT2D eigenvalue weighted by atomic mass is 10.1. The van der Waals surface area contributed by atoms with E-state index in [9.17, 15) is 0 Å². The Morgan fingerprint density at radius 3 is 2.39 bits per heavy atom. The van der Waals surface area contributed by atoms with Gasteiger partial charge in [0.1, 0.15) is 11.8 Å². The van der Waals surface area contributed by atoms with E-state index in [1.807, 2.05) is 32.0 Å². The summed E-state index contributed by atoms with van der Waals surface area (Å²) in [5.74, 6) is 1.24. The molecule has 0 saturated carbocycles. The first kappa shape index (κ1) is 12.0. The van der Waals surface area contributed by atoms with Gasteiger partial charge >= 0.3 is 0 Å². The number of nitrogen functional groups attached to an aromatic ring is 1. The van der Waals surface area contributed by atoms with Crippen molar-refractivity contribution < 1.29 is 4.74 Å². The molecule has 0 atom stereocenters. The fourth-order valence-electron chi connectivity index (χ4n) is 1.85. The monoisotopic (exact) mass is 238 g/mol. The lowest BCUT2D eigenvalue weighted by molar-refractivity contribution is 0.484. The van der Waals surface area contributed by atoms with Gasteiger partial charge in [-0.2, -0.15) is 5.26 Å². The van der Waals surface area contributed by atoms with Crippen LogP contribution in [0.15, 0.2) is 36.4 Å². The van der Waals surface area contributed by atoms with E-state index in [1.54, 1.807) is 18.2 Å². The van der Waals surface area contributed by atoms with Crippen molar-refractivity contribution in [2.75, 3.05) is 5.73 Å². The number of para-hydroxylation sites is 1. The first-order chi connectivity index (χ1) is 8.60. The van der Waals surface area contributed by atoms with Crippen molar-refractivity contribution in [2.45, 2.75) is 13.8 Å². The molecule has 0 heterocycles. The zero-order chi connectivity index (χ0) is 13.1. The van der Waals surface area contributed by atoms with Crippen LogP contribution in [0.4, 0.5) is 5.69 Å². The second-order valence-corrected chi connectivity index (χ2v) is 4.25. The molecule has 2 N–H and O–H groups in total. The predicted octanol–water partition coefficient (Wildman–Crippen LogP) is 3.55. The summed E-state index contributed by atoms with van der Waals surface area (Å²) in [4.78, 5) is 0. The van der Waals surface area contributed by atoms with E-state index < -0.39 is 0 Å². The van der Waals surface area contributed by atoms with Crippen molar-refractivity contribution in [1.29, 1.82) is 5.26 Å². The van der Waals surface area contributed by atoms with Gasteiger partial charge < -0.3 is 10.5 Å². The van der Waals surface area contributed by atoms with Gasteiger partial charge in [-0.1, -0.05) is 12.1 Å². The lowest BCUT2D eigenvalue weighted by Gasteiger charge is -2.10. The molecule has 0 saturated heterocycles. The molecule has 3 heteroatoms. The molecule has 0 fully saturated rings. The van der Waals surface area contributed by atoms with Crippen molar-refractivity contribution in [2.24, 2.45) is 0 Å². The maximum atomic E-state index is 8.91. The molecule has 2 rings (SSSR count). The van der Waals surface area contributed by atoms with Crippen molar-refractivity contribution in [1.82, 2.24) is 0 Å². The van der Waals surface area contributed by atoms with Gasteiger partial charge in [-0.05, 0) is 49.2 Å². The molecule has 2 aromatic carbocycles. The highest BCUT2D eigenvalue weighted by Crippen LogP contribution is 2.30. The van der Waals surface area contributed by atoms with Gasteiger partial charge in [0.05, 0.1) is 11.3 Å². The van der Waals surface area contributed by atoms with Crippen LogP contribution in [-0.2, 0) is 0 Å². The molecule has 90 valence electrons. The van der Waals surface area contributed by atoms with E-state index >= 15 is 0 Å². The molecule has 2 aromatic rings. The average Bonchev–Trinajstić information content (AvgIpc) is 2.30. The molecule has 3 nitrogen and oxygen atoms in total. The molecule has 0 radical (unpaired) electrons. The van der Waals surface area contributed by atoms with Gasteiger partial charge in [0.2, 0.25) is 0 Å². The second-order valence-electron chi connectivity index (χ2n) is 4.25. The van der Waals surface area contributed by atoms with Crippen LogP contribution in [-0.4, -0.2) is 0 Å². The standard InChI is InChI=1S/C15H14N2O/c1-10-6-11(2)8-13(7-10)18-14-5-3-4-12(9-16)15(14)17/h3-8H,17H2,1-2H3. The Labute approximate surface area is 106 Å². The third-order valence-corrected chi connectivity index (χ3v) is 2.61. The molecule has 0 amide bonds. The average molecular weight is 238 g/mol. The fraction of sp³-hybridized carbons (Fsp3) is 0.133. The predicted molar refractivity (Wildman–Crippen MR) is 71.6 cm³/mol. The highest BCUT2D eigenvalue weighted by molar-refractivity contribution is 5.63. The van der Waals surface area contributed by atoms with E-state index in [1.165, 1.54) is 0 Å². The SMILES string of the molecule is Cc1cc(C)cc(Oc2cccc(C#N)c2N)c1. The Morgan fingerprint density at radius 2 is 1.78 bits per heavy atom. The number of aryl methyl sites for hydroxylation is 2. The number of nitriles is 1. The highest BCUT2D eigenvalue weighted by Gasteiger charge is 2.07. The Hall–Kier alpha value is -2.47. The van der Waals surface area contributed by atoms with Crippen LogP contribution < -0.4 is 10.5 Å². The number of rotatable bonds is 2. The zero-order valence-corrected chi connectivity index (χ0v) is 10.4. The maximum absolute atomic E-state index is 8.91. The molecular formula is C15H14N2O. The van der Waals surface area contributed by atoms with E-state index in [2.05, 4.69) is 6.07 Å². The van der Waals surface area contributed by atoms with Crippen LogP contribution in [0.2, 0.25) is 0 Å². The van der Waals surface area contributed by atoms with E-state index in [0.29, 0.717) is 17.0 Å². The number of nitrogens with zero attached hydrogens (tertiary/aromatic N) is 1.